The summed E-state index contributed by atoms with van der Waals surface area (Å²) in [5.41, 5.74) is 1.56. The zero-order valence-electron chi connectivity index (χ0n) is 20.7. The number of benzene rings is 2. The second-order valence-corrected chi connectivity index (χ2v) is 9.40. The van der Waals surface area contributed by atoms with Gasteiger partial charge in [-0.2, -0.15) is 0 Å². The maximum absolute atomic E-state index is 13.8. The smallest absolute Gasteiger partial charge is 0.350 e. The van der Waals surface area contributed by atoms with E-state index >= 15 is 0 Å². The zero-order valence-corrected chi connectivity index (χ0v) is 21.6. The third-order valence-corrected chi connectivity index (χ3v) is 7.16. The molecule has 1 saturated heterocycles. The SMILES string of the molecule is CCOC(=O)c1sc(N2C(=O)C(=O)C(C(=O)c3ccc(OCC)cc3C)C2c2ccc(F)cc2)nc1C. The van der Waals surface area contributed by atoms with Crippen molar-refractivity contribution in [1.82, 2.24) is 4.98 Å². The summed E-state index contributed by atoms with van der Waals surface area (Å²) in [6.45, 7) is 7.42. The molecule has 0 radical (unpaired) electrons. The molecular formula is C27H25FN2O6S. The van der Waals surface area contributed by atoms with Gasteiger partial charge in [-0.15, -0.1) is 0 Å². The van der Waals surface area contributed by atoms with Crippen LogP contribution in [-0.2, 0) is 14.3 Å². The second-order valence-electron chi connectivity index (χ2n) is 8.42. The summed E-state index contributed by atoms with van der Waals surface area (Å²) in [6.07, 6.45) is 0. The van der Waals surface area contributed by atoms with Crippen molar-refractivity contribution in [2.45, 2.75) is 33.7 Å². The molecule has 1 aliphatic heterocycles. The number of carbonyl (C=O) groups is 4. The molecule has 3 aromatic rings. The molecule has 2 atom stereocenters. The van der Waals surface area contributed by atoms with Crippen LogP contribution in [0.3, 0.4) is 0 Å². The molecule has 2 unspecified atom stereocenters. The van der Waals surface area contributed by atoms with E-state index in [2.05, 4.69) is 4.98 Å². The molecule has 1 aromatic heterocycles. The number of aromatic nitrogens is 1. The molecular weight excluding hydrogens is 499 g/mol. The Morgan fingerprint density at radius 3 is 2.38 bits per heavy atom. The van der Waals surface area contributed by atoms with Crippen LogP contribution in [0.1, 0.15) is 56.7 Å². The van der Waals surface area contributed by atoms with E-state index in [0.29, 0.717) is 29.2 Å². The van der Waals surface area contributed by atoms with Crippen molar-refractivity contribution >= 4 is 39.9 Å². The Hall–Kier alpha value is -3.92. The van der Waals surface area contributed by atoms with Gasteiger partial charge in [-0.25, -0.2) is 14.2 Å². The van der Waals surface area contributed by atoms with E-state index in [1.54, 1.807) is 39.0 Å². The van der Waals surface area contributed by atoms with E-state index in [1.165, 1.54) is 24.3 Å². The molecule has 37 heavy (non-hydrogen) atoms. The van der Waals surface area contributed by atoms with E-state index in [0.717, 1.165) is 16.2 Å². The van der Waals surface area contributed by atoms with Crippen molar-refractivity contribution in [2.75, 3.05) is 18.1 Å². The fourth-order valence-corrected chi connectivity index (χ4v) is 5.34. The lowest BCUT2D eigenvalue weighted by Crippen LogP contribution is -2.30. The number of Topliss-reactive ketones (excluding diaryl/α,β-unsaturated/α-hetero) is 2. The van der Waals surface area contributed by atoms with Crippen LogP contribution in [0.15, 0.2) is 42.5 Å². The maximum atomic E-state index is 13.8. The summed E-state index contributed by atoms with van der Waals surface area (Å²) < 4.78 is 24.3. The van der Waals surface area contributed by atoms with E-state index in [-0.39, 0.29) is 22.2 Å². The van der Waals surface area contributed by atoms with Crippen molar-refractivity contribution in [2.24, 2.45) is 5.92 Å². The first-order valence-corrected chi connectivity index (χ1v) is 12.5. The van der Waals surface area contributed by atoms with Gasteiger partial charge in [-0.1, -0.05) is 23.5 Å². The van der Waals surface area contributed by atoms with Crippen molar-refractivity contribution < 1.29 is 33.0 Å². The summed E-state index contributed by atoms with van der Waals surface area (Å²) in [5.74, 6) is -4.31. The average molecular weight is 525 g/mol. The number of halogens is 1. The Kier molecular flexibility index (Phi) is 7.49. The number of hydrogen-bond acceptors (Lipinski definition) is 8. The summed E-state index contributed by atoms with van der Waals surface area (Å²) in [4.78, 5) is 58.5. The summed E-state index contributed by atoms with van der Waals surface area (Å²) in [6, 6.07) is 9.05. The molecule has 2 heterocycles. The number of thiazole rings is 1. The molecule has 1 amide bonds. The Morgan fingerprint density at radius 2 is 1.76 bits per heavy atom. The van der Waals surface area contributed by atoms with E-state index in [4.69, 9.17) is 9.47 Å². The second kappa shape index (κ2) is 10.6. The number of amides is 1. The highest BCUT2D eigenvalue weighted by Crippen LogP contribution is 2.43. The molecule has 0 bridgehead atoms. The first-order valence-electron chi connectivity index (χ1n) is 11.7. The lowest BCUT2D eigenvalue weighted by Gasteiger charge is -2.25. The van der Waals surface area contributed by atoms with Crippen LogP contribution < -0.4 is 9.64 Å². The Balaban J connectivity index is 1.82. The fraction of sp³-hybridized carbons (Fsp3) is 0.296. The molecule has 2 aromatic carbocycles. The number of ether oxygens (including phenoxy) is 2. The number of nitrogens with zero attached hydrogens (tertiary/aromatic N) is 2. The predicted octanol–water partition coefficient (Wildman–Crippen LogP) is 4.63. The molecule has 0 N–H and O–H groups in total. The number of ketones is 2. The Morgan fingerprint density at radius 1 is 1.05 bits per heavy atom. The minimum Gasteiger partial charge on any atom is -0.494 e. The number of aryl methyl sites for hydroxylation is 2. The number of anilines is 1. The first kappa shape index (κ1) is 26.2. The van der Waals surface area contributed by atoms with Crippen LogP contribution in [-0.4, -0.2) is 41.6 Å². The first-order chi connectivity index (χ1) is 17.7. The van der Waals surface area contributed by atoms with Gasteiger partial charge in [0.25, 0.3) is 5.91 Å². The van der Waals surface area contributed by atoms with Crippen LogP contribution in [0.4, 0.5) is 9.52 Å². The van der Waals surface area contributed by atoms with Crippen molar-refractivity contribution in [3.63, 3.8) is 0 Å². The molecule has 10 heteroatoms. The van der Waals surface area contributed by atoms with Crippen molar-refractivity contribution in [3.8, 4) is 5.75 Å². The minimum absolute atomic E-state index is 0.0759. The highest BCUT2D eigenvalue weighted by molar-refractivity contribution is 7.17. The molecule has 1 fully saturated rings. The maximum Gasteiger partial charge on any atom is 0.350 e. The lowest BCUT2D eigenvalue weighted by atomic mass is 9.85. The third-order valence-electron chi connectivity index (χ3n) is 6.03. The number of carbonyl (C=O) groups excluding carboxylic acids is 4. The van der Waals surface area contributed by atoms with Crippen LogP contribution >= 0.6 is 11.3 Å². The lowest BCUT2D eigenvalue weighted by molar-refractivity contribution is -0.135. The standard InChI is InChI=1S/C27H25FN2O6S/c1-5-35-18-11-12-19(14(3)13-18)22(31)20-21(16-7-9-17(28)10-8-16)30(25(33)23(20)32)27-29-15(4)24(37-27)26(34)36-6-2/h7-13,20-21H,5-6H2,1-4H3. The average Bonchev–Trinajstić information content (AvgIpc) is 3.36. The van der Waals surface area contributed by atoms with Gasteiger partial charge in [0.05, 0.1) is 24.9 Å². The number of esters is 1. The van der Waals surface area contributed by atoms with Gasteiger partial charge in [-0.3, -0.25) is 19.3 Å². The largest absolute Gasteiger partial charge is 0.494 e. The predicted molar refractivity (Wildman–Crippen MR) is 135 cm³/mol. The van der Waals surface area contributed by atoms with Crippen LogP contribution in [0.25, 0.3) is 0 Å². The van der Waals surface area contributed by atoms with Gasteiger partial charge < -0.3 is 9.47 Å². The molecule has 192 valence electrons. The normalized spacial score (nSPS) is 17.3. The highest BCUT2D eigenvalue weighted by Gasteiger charge is 2.53. The zero-order chi connectivity index (χ0) is 26.9. The van der Waals surface area contributed by atoms with Gasteiger partial charge in [0, 0.05) is 5.56 Å². The Labute approximate surface area is 217 Å². The molecule has 0 spiro atoms. The van der Waals surface area contributed by atoms with Gasteiger partial charge in [0.1, 0.15) is 22.4 Å². The number of hydrogen-bond donors (Lipinski definition) is 0. The molecule has 1 aliphatic rings. The van der Waals surface area contributed by atoms with Gasteiger partial charge >= 0.3 is 5.97 Å². The summed E-state index contributed by atoms with van der Waals surface area (Å²) >= 11 is 0.898. The van der Waals surface area contributed by atoms with Crippen molar-refractivity contribution in [3.05, 3.63) is 75.5 Å². The van der Waals surface area contributed by atoms with E-state index < -0.39 is 41.2 Å². The summed E-state index contributed by atoms with van der Waals surface area (Å²) in [5, 5.41) is 0.0759. The van der Waals surface area contributed by atoms with Gasteiger partial charge in [0.2, 0.25) is 5.78 Å². The van der Waals surface area contributed by atoms with E-state index in [1.807, 2.05) is 6.92 Å². The van der Waals surface area contributed by atoms with Gasteiger partial charge in [-0.05, 0) is 69.2 Å². The minimum atomic E-state index is -1.40. The monoisotopic (exact) mass is 524 g/mol. The third kappa shape index (κ3) is 4.89. The molecule has 0 saturated carbocycles. The summed E-state index contributed by atoms with van der Waals surface area (Å²) in [7, 11) is 0. The van der Waals surface area contributed by atoms with Crippen molar-refractivity contribution in [1.29, 1.82) is 0 Å². The van der Waals surface area contributed by atoms with Crippen LogP contribution in [0.2, 0.25) is 0 Å². The molecule has 8 nitrogen and oxygen atoms in total. The number of rotatable bonds is 8. The quantitative estimate of drug-likeness (QED) is 0.183. The van der Waals surface area contributed by atoms with Crippen LogP contribution in [0, 0.1) is 25.6 Å². The fourth-order valence-electron chi connectivity index (χ4n) is 4.35. The molecule has 4 rings (SSSR count). The van der Waals surface area contributed by atoms with Crippen LogP contribution in [0.5, 0.6) is 5.75 Å². The highest BCUT2D eigenvalue weighted by atomic mass is 32.1. The van der Waals surface area contributed by atoms with Gasteiger partial charge in [0.15, 0.2) is 10.9 Å². The molecule has 0 aliphatic carbocycles. The van der Waals surface area contributed by atoms with E-state index in [9.17, 15) is 23.6 Å². The topological polar surface area (TPSA) is 103 Å². The Bertz CT molecular complexity index is 1380.